The Morgan fingerprint density at radius 3 is 2.80 bits per heavy atom. The van der Waals surface area contributed by atoms with Gasteiger partial charge in [-0.3, -0.25) is 4.79 Å². The summed E-state index contributed by atoms with van der Waals surface area (Å²) in [7, 11) is 3.39. The van der Waals surface area contributed by atoms with Gasteiger partial charge in [-0.2, -0.15) is 4.98 Å². The molecular formula is C18H19ClN4O2. The van der Waals surface area contributed by atoms with Gasteiger partial charge >= 0.3 is 0 Å². The molecule has 0 spiro atoms. The Balaban J connectivity index is 1.95. The van der Waals surface area contributed by atoms with Crippen LogP contribution in [0.15, 0.2) is 36.5 Å². The second-order valence-corrected chi connectivity index (χ2v) is 6.13. The smallest absolute Gasteiger partial charge is 0.259 e. The van der Waals surface area contributed by atoms with Crippen molar-refractivity contribution >= 4 is 28.5 Å². The van der Waals surface area contributed by atoms with Crippen LogP contribution in [0.4, 0.5) is 0 Å². The molecule has 0 aliphatic carbocycles. The molecule has 0 aliphatic rings. The van der Waals surface area contributed by atoms with Crippen LogP contribution in [-0.2, 0) is 11.2 Å². The van der Waals surface area contributed by atoms with Crippen LogP contribution < -0.4 is 4.74 Å². The summed E-state index contributed by atoms with van der Waals surface area (Å²) in [5.74, 6) is 0.523. The fraction of sp³-hybridized carbons (Fsp3) is 0.278. The molecule has 0 atom stereocenters. The number of carbonyl (C=O) groups is 1. The van der Waals surface area contributed by atoms with Gasteiger partial charge in [-0.15, -0.1) is 0 Å². The Morgan fingerprint density at radius 1 is 1.28 bits per heavy atom. The number of hydrogen-bond acceptors (Lipinski definition) is 4. The van der Waals surface area contributed by atoms with E-state index in [-0.39, 0.29) is 17.8 Å². The largest absolute Gasteiger partial charge is 0.484 e. The second-order valence-electron chi connectivity index (χ2n) is 5.79. The van der Waals surface area contributed by atoms with Gasteiger partial charge in [-0.25, -0.2) is 4.98 Å². The van der Waals surface area contributed by atoms with E-state index in [1.807, 2.05) is 48.0 Å². The minimum atomic E-state index is -0.0936. The van der Waals surface area contributed by atoms with Crippen LogP contribution in [0.2, 0.25) is 5.28 Å². The van der Waals surface area contributed by atoms with Gasteiger partial charge in [-0.05, 0) is 36.2 Å². The van der Waals surface area contributed by atoms with Gasteiger partial charge in [-0.1, -0.05) is 13.0 Å². The summed E-state index contributed by atoms with van der Waals surface area (Å²) in [6, 6.07) is 9.48. The monoisotopic (exact) mass is 358 g/mol. The highest BCUT2D eigenvalue weighted by molar-refractivity contribution is 6.28. The lowest BCUT2D eigenvalue weighted by Gasteiger charge is -2.12. The lowest BCUT2D eigenvalue weighted by Crippen LogP contribution is -2.27. The van der Waals surface area contributed by atoms with Gasteiger partial charge in [0.15, 0.2) is 6.61 Å². The quantitative estimate of drug-likeness (QED) is 0.657. The van der Waals surface area contributed by atoms with E-state index in [1.54, 1.807) is 14.1 Å². The first-order chi connectivity index (χ1) is 12.0. The zero-order valence-electron chi connectivity index (χ0n) is 14.4. The normalized spacial score (nSPS) is 10.9. The number of aryl methyl sites for hydroxylation is 1. The molecule has 130 valence electrons. The van der Waals surface area contributed by atoms with Crippen molar-refractivity contribution < 1.29 is 9.53 Å². The average Bonchev–Trinajstić information content (AvgIpc) is 3.02. The van der Waals surface area contributed by atoms with E-state index in [1.165, 1.54) is 4.90 Å². The molecule has 0 saturated carbocycles. The summed E-state index contributed by atoms with van der Waals surface area (Å²) in [5.41, 5.74) is 2.54. The van der Waals surface area contributed by atoms with E-state index in [4.69, 9.17) is 16.3 Å². The number of amides is 1. The highest BCUT2D eigenvalue weighted by atomic mass is 35.5. The first kappa shape index (κ1) is 17.2. The standard InChI is InChI=1S/C18H19ClN4O2/c1-4-15-14-8-9-23(17(14)21-18(19)20-15)12-6-5-7-13(10-12)25-11-16(24)22(2)3/h5-10H,4,11H2,1-3H3. The molecule has 3 rings (SSSR count). The van der Waals surface area contributed by atoms with E-state index in [0.29, 0.717) is 5.75 Å². The number of likely N-dealkylation sites (N-methyl/N-ethyl adjacent to an activating group) is 1. The zero-order valence-corrected chi connectivity index (χ0v) is 15.1. The Labute approximate surface area is 151 Å². The van der Waals surface area contributed by atoms with Crippen LogP contribution in [0.25, 0.3) is 16.7 Å². The number of nitrogens with zero attached hydrogens (tertiary/aromatic N) is 4. The maximum atomic E-state index is 11.7. The van der Waals surface area contributed by atoms with Crippen molar-refractivity contribution in [2.45, 2.75) is 13.3 Å². The molecule has 1 aromatic carbocycles. The molecule has 25 heavy (non-hydrogen) atoms. The third-order valence-electron chi connectivity index (χ3n) is 3.89. The number of fused-ring (bicyclic) bond motifs is 1. The molecule has 2 aromatic heterocycles. The predicted molar refractivity (Wildman–Crippen MR) is 97.4 cm³/mol. The average molecular weight is 359 g/mol. The Morgan fingerprint density at radius 2 is 2.08 bits per heavy atom. The van der Waals surface area contributed by atoms with E-state index >= 15 is 0 Å². The molecule has 7 heteroatoms. The molecule has 0 radical (unpaired) electrons. The summed E-state index contributed by atoms with van der Waals surface area (Å²) in [4.78, 5) is 21.8. The van der Waals surface area contributed by atoms with E-state index < -0.39 is 0 Å². The first-order valence-corrected chi connectivity index (χ1v) is 8.34. The predicted octanol–water partition coefficient (Wildman–Crippen LogP) is 3.10. The molecule has 6 nitrogen and oxygen atoms in total. The van der Waals surface area contributed by atoms with Crippen LogP contribution in [0.3, 0.4) is 0 Å². The van der Waals surface area contributed by atoms with Crippen LogP contribution in [0.5, 0.6) is 5.75 Å². The molecule has 0 fully saturated rings. The van der Waals surface area contributed by atoms with Crippen LogP contribution in [-0.4, -0.2) is 46.0 Å². The Kier molecular flexibility index (Phi) is 4.90. The number of benzene rings is 1. The number of hydrogen-bond donors (Lipinski definition) is 0. The van der Waals surface area contributed by atoms with Crippen molar-refractivity contribution in [3.8, 4) is 11.4 Å². The van der Waals surface area contributed by atoms with Gasteiger partial charge < -0.3 is 14.2 Å². The minimum absolute atomic E-state index is 0.00311. The van der Waals surface area contributed by atoms with Crippen LogP contribution >= 0.6 is 11.6 Å². The third kappa shape index (κ3) is 3.58. The first-order valence-electron chi connectivity index (χ1n) is 7.96. The van der Waals surface area contributed by atoms with Crippen molar-refractivity contribution in [3.63, 3.8) is 0 Å². The Hall–Kier alpha value is -2.60. The molecule has 2 heterocycles. The molecule has 0 unspecified atom stereocenters. The van der Waals surface area contributed by atoms with E-state index in [0.717, 1.165) is 28.8 Å². The van der Waals surface area contributed by atoms with Crippen molar-refractivity contribution in [2.24, 2.45) is 0 Å². The molecule has 0 bridgehead atoms. The van der Waals surface area contributed by atoms with E-state index in [2.05, 4.69) is 9.97 Å². The van der Waals surface area contributed by atoms with Gasteiger partial charge in [0.25, 0.3) is 5.91 Å². The van der Waals surface area contributed by atoms with Crippen LogP contribution in [0.1, 0.15) is 12.6 Å². The SMILES string of the molecule is CCc1nc(Cl)nc2c1ccn2-c1cccc(OCC(=O)N(C)C)c1. The maximum absolute atomic E-state index is 11.7. The van der Waals surface area contributed by atoms with Crippen molar-refractivity contribution in [2.75, 3.05) is 20.7 Å². The topological polar surface area (TPSA) is 60.2 Å². The number of carbonyl (C=O) groups excluding carboxylic acids is 1. The highest BCUT2D eigenvalue weighted by Gasteiger charge is 2.12. The van der Waals surface area contributed by atoms with Crippen LogP contribution in [0, 0.1) is 0 Å². The molecule has 3 aromatic rings. The number of halogens is 1. The molecule has 0 N–H and O–H groups in total. The molecule has 0 saturated heterocycles. The number of ether oxygens (including phenoxy) is 1. The van der Waals surface area contributed by atoms with Crippen molar-refractivity contribution in [1.29, 1.82) is 0 Å². The van der Waals surface area contributed by atoms with Gasteiger partial charge in [0.2, 0.25) is 5.28 Å². The zero-order chi connectivity index (χ0) is 18.0. The number of aromatic nitrogens is 3. The maximum Gasteiger partial charge on any atom is 0.259 e. The lowest BCUT2D eigenvalue weighted by molar-refractivity contribution is -0.130. The number of rotatable bonds is 5. The Bertz CT molecular complexity index is 921. The van der Waals surface area contributed by atoms with Gasteiger partial charge in [0, 0.05) is 31.7 Å². The lowest BCUT2D eigenvalue weighted by atomic mass is 10.2. The summed E-state index contributed by atoms with van der Waals surface area (Å²) >= 11 is 6.06. The molecule has 1 amide bonds. The molecular weight excluding hydrogens is 340 g/mol. The van der Waals surface area contributed by atoms with Gasteiger partial charge in [0.05, 0.1) is 11.4 Å². The summed E-state index contributed by atoms with van der Waals surface area (Å²) in [5, 5.41) is 1.20. The fourth-order valence-electron chi connectivity index (χ4n) is 2.52. The summed E-state index contributed by atoms with van der Waals surface area (Å²) in [6.45, 7) is 2.03. The summed E-state index contributed by atoms with van der Waals surface area (Å²) in [6.07, 6.45) is 2.71. The third-order valence-corrected chi connectivity index (χ3v) is 4.06. The molecule has 0 aliphatic heterocycles. The summed E-state index contributed by atoms with van der Waals surface area (Å²) < 4.78 is 7.52. The van der Waals surface area contributed by atoms with Crippen molar-refractivity contribution in [3.05, 3.63) is 47.5 Å². The highest BCUT2D eigenvalue weighted by Crippen LogP contribution is 2.25. The minimum Gasteiger partial charge on any atom is -0.484 e. The fourth-order valence-corrected chi connectivity index (χ4v) is 2.70. The van der Waals surface area contributed by atoms with E-state index in [9.17, 15) is 4.79 Å². The van der Waals surface area contributed by atoms with Gasteiger partial charge in [0.1, 0.15) is 11.4 Å². The van der Waals surface area contributed by atoms with Crippen molar-refractivity contribution in [1.82, 2.24) is 19.4 Å². The second kappa shape index (κ2) is 7.11.